The number of fused-ring (bicyclic) bond motifs is 1. The molecule has 2 aromatic carbocycles. The molecular formula is C33H42N6O2. The molecule has 2 fully saturated rings. The predicted molar refractivity (Wildman–Crippen MR) is 166 cm³/mol. The summed E-state index contributed by atoms with van der Waals surface area (Å²) in [5.74, 6) is 0.832. The lowest BCUT2D eigenvalue weighted by Gasteiger charge is -2.38. The van der Waals surface area contributed by atoms with Gasteiger partial charge < -0.3 is 15.5 Å². The summed E-state index contributed by atoms with van der Waals surface area (Å²) >= 11 is 0. The summed E-state index contributed by atoms with van der Waals surface area (Å²) in [5, 5.41) is 0. The number of aryl methyl sites for hydroxylation is 1. The highest BCUT2D eigenvalue weighted by atomic mass is 16.2. The van der Waals surface area contributed by atoms with Crippen LogP contribution in [-0.4, -0.2) is 51.1 Å². The molecule has 0 saturated carbocycles. The molecule has 0 radical (unpaired) electrons. The fourth-order valence-corrected chi connectivity index (χ4v) is 6.23. The molecule has 4 aromatic rings. The number of hydrogen-bond donors (Lipinski definition) is 1. The zero-order valence-corrected chi connectivity index (χ0v) is 24.5. The van der Waals surface area contributed by atoms with Crippen molar-refractivity contribution in [3.8, 4) is 0 Å². The van der Waals surface area contributed by atoms with Gasteiger partial charge in [0.05, 0.1) is 17.6 Å². The van der Waals surface area contributed by atoms with Gasteiger partial charge in [-0.15, -0.1) is 0 Å². The number of anilines is 2. The predicted octanol–water partition coefficient (Wildman–Crippen LogP) is 5.24. The largest absolute Gasteiger partial charge is 0.384 e. The van der Waals surface area contributed by atoms with E-state index in [9.17, 15) is 9.59 Å². The highest BCUT2D eigenvalue weighted by molar-refractivity contribution is 5.79. The van der Waals surface area contributed by atoms with Crippen LogP contribution in [0.2, 0.25) is 0 Å². The Hall–Kier alpha value is -4.07. The maximum absolute atomic E-state index is 13.7. The fourth-order valence-electron chi connectivity index (χ4n) is 6.23. The summed E-state index contributed by atoms with van der Waals surface area (Å²) in [4.78, 5) is 35.5. The first-order valence-corrected chi connectivity index (χ1v) is 15.0. The van der Waals surface area contributed by atoms with E-state index in [1.54, 1.807) is 6.20 Å². The molecule has 2 aromatic heterocycles. The van der Waals surface area contributed by atoms with Crippen molar-refractivity contribution >= 4 is 28.4 Å². The third-order valence-electron chi connectivity index (χ3n) is 8.45. The van der Waals surface area contributed by atoms with Crippen molar-refractivity contribution in [2.75, 3.05) is 36.8 Å². The average molecular weight is 555 g/mol. The maximum atomic E-state index is 13.7. The second kappa shape index (κ2) is 12.6. The molecule has 0 unspecified atom stereocenters. The van der Waals surface area contributed by atoms with Gasteiger partial charge in [0.15, 0.2) is 0 Å². The minimum absolute atomic E-state index is 0.0330. The summed E-state index contributed by atoms with van der Waals surface area (Å²) in [6.07, 6.45) is 5.00. The van der Waals surface area contributed by atoms with Gasteiger partial charge in [-0.1, -0.05) is 55.8 Å². The lowest BCUT2D eigenvalue weighted by molar-refractivity contribution is -0.137. The Kier molecular flexibility index (Phi) is 8.76. The molecular weight excluding hydrogens is 512 g/mol. The molecule has 0 atom stereocenters. The molecule has 8 nitrogen and oxygen atoms in total. The van der Waals surface area contributed by atoms with E-state index in [0.717, 1.165) is 61.1 Å². The molecule has 0 spiro atoms. The van der Waals surface area contributed by atoms with Gasteiger partial charge in [0.1, 0.15) is 5.82 Å². The van der Waals surface area contributed by atoms with Crippen LogP contribution in [0.4, 0.5) is 11.5 Å². The zero-order valence-electron chi connectivity index (χ0n) is 24.5. The van der Waals surface area contributed by atoms with Crippen LogP contribution in [0.1, 0.15) is 56.7 Å². The number of imidazole rings is 1. The van der Waals surface area contributed by atoms with Crippen molar-refractivity contribution in [3.05, 3.63) is 88.5 Å². The minimum atomic E-state index is 0.0330. The van der Waals surface area contributed by atoms with Gasteiger partial charge in [0.25, 0.3) is 0 Å². The van der Waals surface area contributed by atoms with Gasteiger partial charge in [-0.2, -0.15) is 0 Å². The molecule has 0 aliphatic carbocycles. The molecule has 0 bridgehead atoms. The number of para-hydroxylation sites is 2. The van der Waals surface area contributed by atoms with Crippen LogP contribution in [0, 0.1) is 12.8 Å². The van der Waals surface area contributed by atoms with Crippen LogP contribution in [0.25, 0.3) is 11.0 Å². The van der Waals surface area contributed by atoms with Crippen molar-refractivity contribution in [2.24, 2.45) is 5.92 Å². The van der Waals surface area contributed by atoms with Gasteiger partial charge in [-0.05, 0) is 56.4 Å². The van der Waals surface area contributed by atoms with E-state index < -0.39 is 0 Å². The first-order chi connectivity index (χ1) is 20.0. The number of nitrogen functional groups attached to an aromatic ring is 1. The summed E-state index contributed by atoms with van der Waals surface area (Å²) < 4.78 is 3.87. The van der Waals surface area contributed by atoms with Gasteiger partial charge in [-0.25, -0.2) is 9.78 Å². The first-order valence-electron chi connectivity index (χ1n) is 15.0. The third kappa shape index (κ3) is 6.01. The molecule has 4 heterocycles. The summed E-state index contributed by atoms with van der Waals surface area (Å²) in [6.45, 7) is 9.68. The van der Waals surface area contributed by atoms with E-state index in [0.29, 0.717) is 25.5 Å². The zero-order chi connectivity index (χ0) is 28.9. The quantitative estimate of drug-likeness (QED) is 0.364. The Morgan fingerprint density at radius 1 is 0.902 bits per heavy atom. The number of piperidine rings is 2. The van der Waals surface area contributed by atoms with E-state index in [2.05, 4.69) is 41.1 Å². The number of nitrogens with zero attached hydrogens (tertiary/aromatic N) is 5. The number of carbonyl (C=O) groups is 1. The number of amides is 1. The number of nitrogens with two attached hydrogens (primary N) is 1. The molecule has 41 heavy (non-hydrogen) atoms. The Bertz CT molecular complexity index is 1520. The lowest BCUT2D eigenvalue weighted by Crippen LogP contribution is -2.46. The standard InChI is InChI=1S/C31H36N6O2.C2H6/c1-22-6-8-23(9-7-22)21-36-27-4-2-3-5-28(27)37(31(36)39)25-13-18-35(19-14-25)30(38)24-11-16-34(17-12-24)26-10-15-33-29(32)20-26;1-2/h2-10,15,20,24-25H,11-14,16-19,21H2,1H3,(H2,32,33);1-2H3. The molecule has 2 saturated heterocycles. The van der Waals surface area contributed by atoms with Crippen LogP contribution in [0.3, 0.4) is 0 Å². The highest BCUT2D eigenvalue weighted by Crippen LogP contribution is 2.30. The molecule has 2 aliphatic heterocycles. The number of rotatable bonds is 5. The van der Waals surface area contributed by atoms with E-state index >= 15 is 0 Å². The molecule has 1 amide bonds. The van der Waals surface area contributed by atoms with Crippen molar-refractivity contribution in [1.82, 2.24) is 19.0 Å². The van der Waals surface area contributed by atoms with Gasteiger partial charge >= 0.3 is 5.69 Å². The summed E-state index contributed by atoms with van der Waals surface area (Å²) in [5.41, 5.74) is 11.2. The smallest absolute Gasteiger partial charge is 0.329 e. The molecule has 6 rings (SSSR count). The summed E-state index contributed by atoms with van der Waals surface area (Å²) in [7, 11) is 0. The van der Waals surface area contributed by atoms with E-state index in [1.165, 1.54) is 5.56 Å². The van der Waals surface area contributed by atoms with Crippen molar-refractivity contribution in [2.45, 2.75) is 59.0 Å². The first kappa shape index (κ1) is 28.5. The number of pyridine rings is 1. The van der Waals surface area contributed by atoms with Crippen molar-refractivity contribution in [1.29, 1.82) is 0 Å². The second-order valence-corrected chi connectivity index (χ2v) is 11.0. The monoisotopic (exact) mass is 554 g/mol. The normalized spacial score (nSPS) is 16.5. The van der Waals surface area contributed by atoms with Crippen LogP contribution in [-0.2, 0) is 11.3 Å². The summed E-state index contributed by atoms with van der Waals surface area (Å²) in [6, 6.07) is 20.4. The van der Waals surface area contributed by atoms with Crippen molar-refractivity contribution in [3.63, 3.8) is 0 Å². The molecule has 216 valence electrons. The van der Waals surface area contributed by atoms with Gasteiger partial charge in [0, 0.05) is 56.1 Å². The number of aromatic nitrogens is 3. The number of carbonyl (C=O) groups excluding carboxylic acids is 1. The van der Waals surface area contributed by atoms with Crippen LogP contribution >= 0.6 is 0 Å². The number of likely N-dealkylation sites (tertiary alicyclic amines) is 1. The van der Waals surface area contributed by atoms with Gasteiger partial charge in [0.2, 0.25) is 5.91 Å². The Labute approximate surface area is 242 Å². The SMILES string of the molecule is CC.Cc1ccc(Cn2c(=O)n(C3CCN(C(=O)C4CCN(c5ccnc(N)c5)CC4)CC3)c3ccccc32)cc1. The Morgan fingerprint density at radius 3 is 2.22 bits per heavy atom. The topological polar surface area (TPSA) is 89.4 Å². The Balaban J connectivity index is 0.00000165. The lowest BCUT2D eigenvalue weighted by atomic mass is 9.93. The fraction of sp³-hybridized carbons (Fsp3) is 0.424. The molecule has 2 N–H and O–H groups in total. The van der Waals surface area contributed by atoms with Crippen LogP contribution < -0.4 is 16.3 Å². The highest BCUT2D eigenvalue weighted by Gasteiger charge is 2.32. The van der Waals surface area contributed by atoms with E-state index in [-0.39, 0.29) is 23.6 Å². The maximum Gasteiger partial charge on any atom is 0.329 e. The molecule has 2 aliphatic rings. The molecule has 8 heteroatoms. The Morgan fingerprint density at radius 2 is 1.56 bits per heavy atom. The number of benzene rings is 2. The third-order valence-corrected chi connectivity index (χ3v) is 8.45. The van der Waals surface area contributed by atoms with E-state index in [1.807, 2.05) is 64.3 Å². The van der Waals surface area contributed by atoms with Gasteiger partial charge in [-0.3, -0.25) is 13.9 Å². The van der Waals surface area contributed by atoms with Crippen LogP contribution in [0.15, 0.2) is 71.7 Å². The average Bonchev–Trinajstić information content (AvgIpc) is 3.29. The number of hydrogen-bond acceptors (Lipinski definition) is 5. The van der Waals surface area contributed by atoms with E-state index in [4.69, 9.17) is 5.73 Å². The van der Waals surface area contributed by atoms with Crippen LogP contribution in [0.5, 0.6) is 0 Å². The minimum Gasteiger partial charge on any atom is -0.384 e. The second-order valence-electron chi connectivity index (χ2n) is 11.0. The van der Waals surface area contributed by atoms with Crippen molar-refractivity contribution < 1.29 is 4.79 Å².